The van der Waals surface area contributed by atoms with E-state index in [1.165, 1.54) is 25.0 Å². The van der Waals surface area contributed by atoms with Gasteiger partial charge in [-0.3, -0.25) is 0 Å². The molecule has 2 atom stereocenters. The number of hydrogen-bond acceptors (Lipinski definition) is 4. The Morgan fingerprint density at radius 3 is 3.16 bits per heavy atom. The maximum atomic E-state index is 4.48. The number of anilines is 1. The Hall–Kier alpha value is -1.23. The maximum absolute atomic E-state index is 4.48. The first-order valence-corrected chi connectivity index (χ1v) is 7.98. The van der Waals surface area contributed by atoms with Gasteiger partial charge in [-0.05, 0) is 24.7 Å². The number of pyridine rings is 1. The highest BCUT2D eigenvalue weighted by molar-refractivity contribution is 7.99. The Kier molecular flexibility index (Phi) is 3.64. The molecule has 2 aromatic rings. The summed E-state index contributed by atoms with van der Waals surface area (Å²) in [5, 5.41) is 4.34. The molecule has 1 aliphatic rings. The minimum atomic E-state index is 0.532. The van der Waals surface area contributed by atoms with Crippen LogP contribution in [0.1, 0.15) is 26.2 Å². The van der Waals surface area contributed by atoms with Gasteiger partial charge in [-0.15, -0.1) is 0 Å². The summed E-state index contributed by atoms with van der Waals surface area (Å²) in [6.45, 7) is 2.23. The smallest absolute Gasteiger partial charge is 0.154 e. The number of hydrogen-bond donors (Lipinski definition) is 1. The van der Waals surface area contributed by atoms with Gasteiger partial charge in [0.25, 0.3) is 0 Å². The molecule has 1 aliphatic carbocycles. The Labute approximate surface area is 118 Å². The second kappa shape index (κ2) is 5.41. The van der Waals surface area contributed by atoms with Gasteiger partial charge in [-0.25, -0.2) is 9.97 Å². The van der Waals surface area contributed by atoms with Crippen molar-refractivity contribution in [2.75, 3.05) is 11.1 Å². The number of aryl methyl sites for hydroxylation is 1. The molecule has 0 aromatic carbocycles. The molecule has 0 aliphatic heterocycles. The Morgan fingerprint density at radius 2 is 2.32 bits per heavy atom. The van der Waals surface area contributed by atoms with Crippen LogP contribution in [-0.2, 0) is 7.05 Å². The normalized spacial score (nSPS) is 23.1. The van der Waals surface area contributed by atoms with E-state index in [4.69, 9.17) is 0 Å². The van der Waals surface area contributed by atoms with E-state index >= 15 is 0 Å². The van der Waals surface area contributed by atoms with Crippen LogP contribution in [0.25, 0.3) is 11.0 Å². The summed E-state index contributed by atoms with van der Waals surface area (Å²) in [5.41, 5.74) is 2.12. The first-order valence-electron chi connectivity index (χ1n) is 6.93. The Morgan fingerprint density at radius 1 is 1.42 bits per heavy atom. The zero-order chi connectivity index (χ0) is 13.2. The molecule has 0 radical (unpaired) electrons. The molecule has 19 heavy (non-hydrogen) atoms. The molecule has 0 bridgehead atoms. The van der Waals surface area contributed by atoms with Crippen LogP contribution in [0.15, 0.2) is 18.6 Å². The number of aromatic nitrogens is 3. The van der Waals surface area contributed by atoms with Crippen molar-refractivity contribution in [3.8, 4) is 0 Å². The predicted octanol–water partition coefficient (Wildman–Crippen LogP) is 3.05. The average Bonchev–Trinajstić information content (AvgIpc) is 2.99. The molecular weight excluding hydrogens is 256 g/mol. The third kappa shape index (κ3) is 2.43. The fraction of sp³-hybridized carbons (Fsp3) is 0.571. The highest BCUT2D eigenvalue weighted by atomic mass is 32.2. The summed E-state index contributed by atoms with van der Waals surface area (Å²) in [6.07, 6.45) is 7.58. The van der Waals surface area contributed by atoms with Crippen molar-refractivity contribution in [2.45, 2.75) is 37.5 Å². The number of imidazole rings is 1. The van der Waals surface area contributed by atoms with E-state index in [9.17, 15) is 0 Å². The average molecular weight is 276 g/mol. The third-order valence-corrected chi connectivity index (χ3v) is 5.12. The molecule has 1 fully saturated rings. The van der Waals surface area contributed by atoms with Gasteiger partial charge in [0.1, 0.15) is 5.52 Å². The molecule has 0 amide bonds. The van der Waals surface area contributed by atoms with E-state index in [-0.39, 0.29) is 0 Å². The van der Waals surface area contributed by atoms with Crippen LogP contribution < -0.4 is 5.32 Å². The van der Waals surface area contributed by atoms with Gasteiger partial charge in [-0.2, -0.15) is 11.8 Å². The first-order chi connectivity index (χ1) is 9.29. The SMILES string of the molecule is CCSC1CCCC1Nc1nccc2c1ncn2C. The van der Waals surface area contributed by atoms with E-state index in [0.29, 0.717) is 11.3 Å². The topological polar surface area (TPSA) is 42.7 Å². The molecule has 0 saturated heterocycles. The van der Waals surface area contributed by atoms with E-state index in [1.54, 1.807) is 0 Å². The van der Waals surface area contributed by atoms with E-state index in [2.05, 4.69) is 34.0 Å². The fourth-order valence-electron chi connectivity index (χ4n) is 2.85. The summed E-state index contributed by atoms with van der Waals surface area (Å²) in [6, 6.07) is 2.55. The molecule has 1 saturated carbocycles. The van der Waals surface area contributed by atoms with Gasteiger partial charge < -0.3 is 9.88 Å². The maximum Gasteiger partial charge on any atom is 0.154 e. The number of nitrogens with one attached hydrogen (secondary N) is 1. The molecular formula is C14H20N4S. The molecule has 1 N–H and O–H groups in total. The summed E-state index contributed by atoms with van der Waals surface area (Å²) in [5.74, 6) is 2.12. The van der Waals surface area contributed by atoms with Gasteiger partial charge in [0.2, 0.25) is 0 Å². The van der Waals surface area contributed by atoms with Crippen LogP contribution in [0, 0.1) is 0 Å². The van der Waals surface area contributed by atoms with Crippen molar-refractivity contribution >= 4 is 28.6 Å². The van der Waals surface area contributed by atoms with Crippen molar-refractivity contribution in [3.63, 3.8) is 0 Å². The van der Waals surface area contributed by atoms with Gasteiger partial charge in [0.05, 0.1) is 11.8 Å². The van der Waals surface area contributed by atoms with Gasteiger partial charge in [0.15, 0.2) is 5.82 Å². The molecule has 2 unspecified atom stereocenters. The lowest BCUT2D eigenvalue weighted by Gasteiger charge is -2.20. The number of nitrogens with zero attached hydrogens (tertiary/aromatic N) is 3. The highest BCUT2D eigenvalue weighted by Crippen LogP contribution is 2.32. The van der Waals surface area contributed by atoms with Crippen LogP contribution in [0.3, 0.4) is 0 Å². The second-order valence-corrected chi connectivity index (χ2v) is 6.57. The zero-order valence-electron chi connectivity index (χ0n) is 11.5. The third-order valence-electron chi connectivity index (χ3n) is 3.80. The monoisotopic (exact) mass is 276 g/mol. The number of fused-ring (bicyclic) bond motifs is 1. The lowest BCUT2D eigenvalue weighted by Crippen LogP contribution is -2.26. The van der Waals surface area contributed by atoms with Gasteiger partial charge in [0, 0.05) is 24.5 Å². The molecule has 3 rings (SSSR count). The van der Waals surface area contributed by atoms with Crippen LogP contribution in [0.5, 0.6) is 0 Å². The summed E-state index contributed by atoms with van der Waals surface area (Å²) in [4.78, 5) is 8.94. The molecule has 2 aromatic heterocycles. The molecule has 2 heterocycles. The summed E-state index contributed by atoms with van der Waals surface area (Å²) in [7, 11) is 2.02. The van der Waals surface area contributed by atoms with Crippen molar-refractivity contribution in [1.29, 1.82) is 0 Å². The van der Waals surface area contributed by atoms with Crippen LogP contribution in [-0.4, -0.2) is 31.6 Å². The highest BCUT2D eigenvalue weighted by Gasteiger charge is 2.27. The largest absolute Gasteiger partial charge is 0.364 e. The second-order valence-electron chi connectivity index (χ2n) is 5.06. The predicted molar refractivity (Wildman–Crippen MR) is 81.7 cm³/mol. The van der Waals surface area contributed by atoms with Crippen molar-refractivity contribution in [3.05, 3.63) is 18.6 Å². The quantitative estimate of drug-likeness (QED) is 0.932. The van der Waals surface area contributed by atoms with Crippen molar-refractivity contribution < 1.29 is 0 Å². The van der Waals surface area contributed by atoms with Gasteiger partial charge >= 0.3 is 0 Å². The lowest BCUT2D eigenvalue weighted by atomic mass is 10.2. The molecule has 4 nitrogen and oxygen atoms in total. The summed E-state index contributed by atoms with van der Waals surface area (Å²) >= 11 is 2.06. The van der Waals surface area contributed by atoms with Crippen LogP contribution in [0.4, 0.5) is 5.82 Å². The molecule has 102 valence electrons. The first kappa shape index (κ1) is 12.8. The van der Waals surface area contributed by atoms with E-state index < -0.39 is 0 Å². The molecule has 0 spiro atoms. The lowest BCUT2D eigenvalue weighted by molar-refractivity contribution is 0.764. The zero-order valence-corrected chi connectivity index (χ0v) is 12.3. The van der Waals surface area contributed by atoms with Gasteiger partial charge in [-0.1, -0.05) is 13.3 Å². The number of rotatable bonds is 4. The Bertz CT molecular complexity index is 566. The fourth-order valence-corrected chi connectivity index (χ4v) is 4.05. The number of thioether (sulfide) groups is 1. The van der Waals surface area contributed by atoms with Crippen LogP contribution in [0.2, 0.25) is 0 Å². The molecule has 5 heteroatoms. The minimum absolute atomic E-state index is 0.532. The standard InChI is InChI=1S/C14H20N4S/c1-3-19-12-6-4-5-10(12)17-14-13-11(7-8-15-14)18(2)9-16-13/h7-10,12H,3-6H2,1-2H3,(H,15,17). The van der Waals surface area contributed by atoms with Crippen molar-refractivity contribution in [2.24, 2.45) is 7.05 Å². The summed E-state index contributed by atoms with van der Waals surface area (Å²) < 4.78 is 2.04. The van der Waals surface area contributed by atoms with Crippen molar-refractivity contribution in [1.82, 2.24) is 14.5 Å². The minimum Gasteiger partial charge on any atom is -0.364 e. The van der Waals surface area contributed by atoms with Crippen LogP contribution >= 0.6 is 11.8 Å². The van der Waals surface area contributed by atoms with E-state index in [1.807, 2.05) is 30.2 Å². The Balaban J connectivity index is 1.85. The van der Waals surface area contributed by atoms with E-state index in [0.717, 1.165) is 16.9 Å².